The minimum atomic E-state index is -0.897. The van der Waals surface area contributed by atoms with E-state index in [1.807, 2.05) is 42.2 Å². The van der Waals surface area contributed by atoms with Crippen molar-refractivity contribution in [2.45, 2.75) is 38.6 Å². The van der Waals surface area contributed by atoms with Crippen molar-refractivity contribution < 1.29 is 14.7 Å². The molecule has 1 heterocycles. The number of carbonyl (C=O) groups is 2. The van der Waals surface area contributed by atoms with Crippen molar-refractivity contribution in [1.29, 1.82) is 0 Å². The number of halogens is 1. The van der Waals surface area contributed by atoms with Crippen molar-refractivity contribution in [3.63, 3.8) is 0 Å². The molecule has 1 fully saturated rings. The number of nitrogens with zero attached hydrogens (tertiary/aromatic N) is 2. The van der Waals surface area contributed by atoms with Gasteiger partial charge in [0.05, 0.1) is 6.54 Å². The van der Waals surface area contributed by atoms with Gasteiger partial charge >= 0.3 is 5.97 Å². The van der Waals surface area contributed by atoms with Crippen molar-refractivity contribution in [3.05, 3.63) is 35.9 Å². The number of aliphatic carboxylic acids is 1. The highest BCUT2D eigenvalue weighted by Crippen LogP contribution is 2.25. The average Bonchev–Trinajstić information content (AvgIpc) is 2.56. The van der Waals surface area contributed by atoms with Gasteiger partial charge in [0.25, 0.3) is 0 Å². The molecule has 1 aromatic rings. The summed E-state index contributed by atoms with van der Waals surface area (Å²) in [6, 6.07) is 9.03. The molecule has 134 valence electrons. The van der Waals surface area contributed by atoms with Gasteiger partial charge in [0, 0.05) is 13.1 Å². The molecular formula is C18H27ClN2O3. The third kappa shape index (κ3) is 5.49. The first kappa shape index (κ1) is 20.5. The molecule has 1 aliphatic rings. The number of carbonyl (C=O) groups excluding carboxylic acids is 1. The van der Waals surface area contributed by atoms with Gasteiger partial charge in [-0.05, 0) is 37.8 Å². The van der Waals surface area contributed by atoms with Gasteiger partial charge in [-0.1, -0.05) is 37.3 Å². The predicted octanol–water partition coefficient (Wildman–Crippen LogP) is 2.96. The number of carboxylic acid groups (broad SMARTS) is 1. The van der Waals surface area contributed by atoms with Crippen molar-refractivity contribution >= 4 is 24.3 Å². The second kappa shape index (κ2) is 10.3. The van der Waals surface area contributed by atoms with E-state index in [1.54, 1.807) is 4.90 Å². The molecule has 5 nitrogen and oxygen atoms in total. The number of hydrogen-bond donors (Lipinski definition) is 1. The summed E-state index contributed by atoms with van der Waals surface area (Å²) in [5, 5.41) is 9.23. The molecule has 1 saturated heterocycles. The lowest BCUT2D eigenvalue weighted by Crippen LogP contribution is -2.46. The zero-order valence-corrected chi connectivity index (χ0v) is 15.0. The van der Waals surface area contributed by atoms with E-state index in [2.05, 4.69) is 0 Å². The Balaban J connectivity index is 0.00000288. The fraction of sp³-hybridized carbons (Fsp3) is 0.556. The monoisotopic (exact) mass is 354 g/mol. The maximum absolute atomic E-state index is 13.1. The van der Waals surface area contributed by atoms with E-state index < -0.39 is 12.0 Å². The zero-order valence-electron chi connectivity index (χ0n) is 14.2. The van der Waals surface area contributed by atoms with E-state index in [1.165, 1.54) is 0 Å². The molecule has 1 aromatic carbocycles. The van der Waals surface area contributed by atoms with Crippen LogP contribution >= 0.6 is 12.4 Å². The van der Waals surface area contributed by atoms with Crippen LogP contribution in [0.4, 0.5) is 0 Å². The lowest BCUT2D eigenvalue weighted by molar-refractivity contribution is -0.143. The van der Waals surface area contributed by atoms with Gasteiger partial charge in [-0.2, -0.15) is 0 Å². The lowest BCUT2D eigenvalue weighted by Gasteiger charge is -2.35. The molecule has 1 unspecified atom stereocenters. The van der Waals surface area contributed by atoms with Gasteiger partial charge in [0.15, 0.2) is 0 Å². The van der Waals surface area contributed by atoms with E-state index >= 15 is 0 Å². The summed E-state index contributed by atoms with van der Waals surface area (Å²) < 4.78 is 0. The molecule has 1 aliphatic heterocycles. The fourth-order valence-electron chi connectivity index (χ4n) is 3.19. The number of likely N-dealkylation sites (tertiary alicyclic amines) is 1. The molecule has 0 saturated carbocycles. The van der Waals surface area contributed by atoms with Crippen LogP contribution in [0.3, 0.4) is 0 Å². The van der Waals surface area contributed by atoms with E-state index in [-0.39, 0.29) is 24.9 Å². The Hall–Kier alpha value is -1.59. The maximum Gasteiger partial charge on any atom is 0.317 e. The molecular weight excluding hydrogens is 328 g/mol. The first-order valence-corrected chi connectivity index (χ1v) is 8.43. The number of rotatable bonds is 7. The molecule has 24 heavy (non-hydrogen) atoms. The summed E-state index contributed by atoms with van der Waals surface area (Å²) >= 11 is 0. The highest BCUT2D eigenvalue weighted by atomic mass is 35.5. The third-order valence-electron chi connectivity index (χ3n) is 4.23. The Morgan fingerprint density at radius 3 is 2.33 bits per heavy atom. The standard InChI is InChI=1S/C18H26N2O3.ClH/c1-2-11-20(14-16(21)22)17(15-9-5-3-6-10-15)18(23)19-12-7-4-8-13-19;/h3,5-6,9-10,17H,2,4,7-8,11-14H2,1H3,(H,21,22);1H. The quantitative estimate of drug-likeness (QED) is 0.817. The summed E-state index contributed by atoms with van der Waals surface area (Å²) in [6.07, 6.45) is 4.03. The summed E-state index contributed by atoms with van der Waals surface area (Å²) in [6.45, 7) is 4.02. The highest BCUT2D eigenvalue weighted by Gasteiger charge is 2.32. The second-order valence-corrected chi connectivity index (χ2v) is 6.06. The van der Waals surface area contributed by atoms with E-state index in [9.17, 15) is 14.7 Å². The molecule has 0 aliphatic carbocycles. The largest absolute Gasteiger partial charge is 0.480 e. The lowest BCUT2D eigenvalue weighted by atomic mass is 10.0. The van der Waals surface area contributed by atoms with Crippen LogP contribution in [0.1, 0.15) is 44.2 Å². The molecule has 1 N–H and O–H groups in total. The number of benzene rings is 1. The van der Waals surface area contributed by atoms with E-state index in [0.29, 0.717) is 6.54 Å². The Morgan fingerprint density at radius 1 is 1.17 bits per heavy atom. The Kier molecular flexibility index (Phi) is 8.79. The molecule has 1 atom stereocenters. The van der Waals surface area contributed by atoms with Crippen LogP contribution in [-0.2, 0) is 9.59 Å². The number of amides is 1. The first-order valence-electron chi connectivity index (χ1n) is 8.43. The third-order valence-corrected chi connectivity index (χ3v) is 4.23. The first-order chi connectivity index (χ1) is 11.1. The van der Waals surface area contributed by atoms with Crippen LogP contribution in [0.2, 0.25) is 0 Å². The van der Waals surface area contributed by atoms with Crippen LogP contribution in [0, 0.1) is 0 Å². The molecule has 6 heteroatoms. The Bertz CT molecular complexity index is 518. The zero-order chi connectivity index (χ0) is 16.7. The number of piperidine rings is 1. The molecule has 0 spiro atoms. The van der Waals surface area contributed by atoms with Gasteiger partial charge in [-0.25, -0.2) is 0 Å². The van der Waals surface area contributed by atoms with Crippen LogP contribution in [0.5, 0.6) is 0 Å². The van der Waals surface area contributed by atoms with Gasteiger partial charge in [-0.3, -0.25) is 14.5 Å². The Morgan fingerprint density at radius 2 is 1.79 bits per heavy atom. The maximum atomic E-state index is 13.1. The average molecular weight is 355 g/mol. The molecule has 1 amide bonds. The molecule has 2 rings (SSSR count). The summed E-state index contributed by atoms with van der Waals surface area (Å²) in [7, 11) is 0. The summed E-state index contributed by atoms with van der Waals surface area (Å²) in [5.74, 6) is -0.864. The van der Waals surface area contributed by atoms with E-state index in [4.69, 9.17) is 0 Å². The van der Waals surface area contributed by atoms with Crippen molar-refractivity contribution in [2.75, 3.05) is 26.2 Å². The Labute approximate surface area is 150 Å². The smallest absolute Gasteiger partial charge is 0.317 e. The number of hydrogen-bond acceptors (Lipinski definition) is 3. The highest BCUT2D eigenvalue weighted by molar-refractivity contribution is 5.85. The van der Waals surface area contributed by atoms with Crippen molar-refractivity contribution in [1.82, 2.24) is 9.80 Å². The summed E-state index contributed by atoms with van der Waals surface area (Å²) in [4.78, 5) is 28.0. The van der Waals surface area contributed by atoms with Crippen LogP contribution in [0.15, 0.2) is 30.3 Å². The van der Waals surface area contributed by atoms with Crippen LogP contribution < -0.4 is 0 Å². The summed E-state index contributed by atoms with van der Waals surface area (Å²) in [5.41, 5.74) is 0.873. The molecule has 0 radical (unpaired) electrons. The molecule has 0 bridgehead atoms. The number of carboxylic acids is 1. The van der Waals surface area contributed by atoms with Gasteiger partial charge in [-0.15, -0.1) is 12.4 Å². The van der Waals surface area contributed by atoms with E-state index in [0.717, 1.165) is 44.3 Å². The van der Waals surface area contributed by atoms with Gasteiger partial charge in [0.1, 0.15) is 6.04 Å². The van der Waals surface area contributed by atoms with Crippen molar-refractivity contribution in [2.24, 2.45) is 0 Å². The minimum Gasteiger partial charge on any atom is -0.480 e. The van der Waals surface area contributed by atoms with Crippen LogP contribution in [0.25, 0.3) is 0 Å². The predicted molar refractivity (Wildman–Crippen MR) is 96.4 cm³/mol. The second-order valence-electron chi connectivity index (χ2n) is 6.06. The van der Waals surface area contributed by atoms with Crippen LogP contribution in [-0.4, -0.2) is 53.0 Å². The van der Waals surface area contributed by atoms with Gasteiger partial charge < -0.3 is 10.0 Å². The van der Waals surface area contributed by atoms with Crippen molar-refractivity contribution in [3.8, 4) is 0 Å². The van der Waals surface area contributed by atoms with Gasteiger partial charge in [0.2, 0.25) is 5.91 Å². The topological polar surface area (TPSA) is 60.9 Å². The fourth-order valence-corrected chi connectivity index (χ4v) is 3.19. The molecule has 0 aromatic heterocycles. The SMILES string of the molecule is CCCN(CC(=O)O)C(C(=O)N1CCCCC1)c1ccccc1.Cl. The minimum absolute atomic E-state index is 0. The normalized spacial score (nSPS) is 15.7.